The van der Waals surface area contributed by atoms with Crippen molar-refractivity contribution < 1.29 is 0 Å². The minimum atomic E-state index is 0.608. The number of likely N-dealkylation sites (tertiary alicyclic amines) is 1. The summed E-state index contributed by atoms with van der Waals surface area (Å²) in [6, 6.07) is 11.1. The van der Waals surface area contributed by atoms with Gasteiger partial charge in [-0.15, -0.1) is 6.58 Å². The van der Waals surface area contributed by atoms with E-state index >= 15 is 0 Å². The van der Waals surface area contributed by atoms with Crippen molar-refractivity contribution in [2.45, 2.75) is 50.2 Å². The minimum absolute atomic E-state index is 0.608. The van der Waals surface area contributed by atoms with Gasteiger partial charge in [0.25, 0.3) is 0 Å². The third-order valence-electron chi connectivity index (χ3n) is 7.89. The van der Waals surface area contributed by atoms with Crippen molar-refractivity contribution in [3.05, 3.63) is 48.2 Å². The molecule has 1 N–H and O–H groups in total. The van der Waals surface area contributed by atoms with Crippen LogP contribution in [-0.2, 0) is 6.42 Å². The molecule has 3 saturated heterocycles. The zero-order valence-electron chi connectivity index (χ0n) is 15.5. The number of rotatable bonds is 2. The normalized spacial score (nSPS) is 36.5. The number of para-hydroxylation sites is 1. The van der Waals surface area contributed by atoms with E-state index in [0.29, 0.717) is 6.04 Å². The molecule has 4 aliphatic heterocycles. The van der Waals surface area contributed by atoms with Crippen molar-refractivity contribution in [3.8, 4) is 0 Å². The maximum atomic E-state index is 4.04. The Kier molecular flexibility index (Phi) is 3.40. The lowest BCUT2D eigenvalue weighted by atomic mass is 9.60. The highest BCUT2D eigenvalue weighted by Gasteiger charge is 2.56. The summed E-state index contributed by atoms with van der Waals surface area (Å²) in [5, 5.41) is 1.46. The second-order valence-corrected chi connectivity index (χ2v) is 8.88. The standard InChI is InChI=1S/C23H29N3/c1-2-12-25-13-5-7-17-20-10-9-18(22(17)25)23-21-16(11-14-26(20)23)15-6-3-4-8-19(15)24-21/h2-4,6,8,17-18,20,22-24H,1,5,7,9-14H2/t17-,18?,20?,22-,23+/m1/s1. The molecule has 1 aromatic carbocycles. The third-order valence-corrected chi connectivity index (χ3v) is 7.89. The topological polar surface area (TPSA) is 22.3 Å². The highest BCUT2D eigenvalue weighted by Crippen LogP contribution is 2.56. The first-order valence-electron chi connectivity index (χ1n) is 10.6. The quantitative estimate of drug-likeness (QED) is 0.826. The molecule has 5 heterocycles. The molecular formula is C23H29N3. The van der Waals surface area contributed by atoms with Gasteiger partial charge in [-0.05, 0) is 62.1 Å². The second-order valence-electron chi connectivity index (χ2n) is 8.88. The Morgan fingerprint density at radius 3 is 2.96 bits per heavy atom. The molecule has 1 saturated carbocycles. The number of benzene rings is 1. The first kappa shape index (κ1) is 15.5. The molecule has 7 rings (SSSR count). The number of nitrogens with zero attached hydrogens (tertiary/aromatic N) is 2. The highest BCUT2D eigenvalue weighted by atomic mass is 15.3. The van der Waals surface area contributed by atoms with E-state index in [9.17, 15) is 0 Å². The van der Waals surface area contributed by atoms with Crippen molar-refractivity contribution in [3.63, 3.8) is 0 Å². The fourth-order valence-electron chi connectivity index (χ4n) is 7.13. The highest BCUT2D eigenvalue weighted by molar-refractivity contribution is 5.85. The number of H-pyrrole nitrogens is 1. The Balaban J connectivity index is 1.47. The monoisotopic (exact) mass is 347 g/mol. The van der Waals surface area contributed by atoms with E-state index in [2.05, 4.69) is 51.7 Å². The predicted octanol–water partition coefficient (Wildman–Crippen LogP) is 4.13. The van der Waals surface area contributed by atoms with Gasteiger partial charge in [0.05, 0.1) is 6.04 Å². The van der Waals surface area contributed by atoms with Crippen LogP contribution in [0.2, 0.25) is 0 Å². The van der Waals surface area contributed by atoms with E-state index in [-0.39, 0.29) is 0 Å². The first-order chi connectivity index (χ1) is 12.9. The Morgan fingerprint density at radius 2 is 2.04 bits per heavy atom. The molecule has 5 aliphatic rings. The minimum Gasteiger partial charge on any atom is -0.357 e. The van der Waals surface area contributed by atoms with Crippen LogP contribution in [0, 0.1) is 11.8 Å². The number of hydrogen-bond donors (Lipinski definition) is 1. The van der Waals surface area contributed by atoms with Crippen molar-refractivity contribution >= 4 is 10.9 Å². The van der Waals surface area contributed by atoms with Crippen LogP contribution in [0.4, 0.5) is 0 Å². The molecule has 2 bridgehead atoms. The van der Waals surface area contributed by atoms with E-state index in [4.69, 9.17) is 0 Å². The van der Waals surface area contributed by atoms with Crippen molar-refractivity contribution in [2.24, 2.45) is 11.8 Å². The fraction of sp³-hybridized carbons (Fsp3) is 0.565. The Hall–Kier alpha value is -1.58. The third kappa shape index (κ3) is 1.96. The van der Waals surface area contributed by atoms with Crippen molar-refractivity contribution in [2.75, 3.05) is 19.6 Å². The summed E-state index contributed by atoms with van der Waals surface area (Å²) in [5.41, 5.74) is 4.50. The van der Waals surface area contributed by atoms with E-state index < -0.39 is 0 Å². The van der Waals surface area contributed by atoms with Crippen LogP contribution in [-0.4, -0.2) is 46.5 Å². The number of hydrogen-bond acceptors (Lipinski definition) is 2. The molecule has 2 aromatic rings. The molecule has 1 aromatic heterocycles. The summed E-state index contributed by atoms with van der Waals surface area (Å²) in [5.74, 6) is 1.65. The molecule has 0 amide bonds. The molecule has 5 atom stereocenters. The van der Waals surface area contributed by atoms with Gasteiger partial charge in [0.15, 0.2) is 0 Å². The van der Waals surface area contributed by atoms with Gasteiger partial charge in [0.1, 0.15) is 0 Å². The van der Waals surface area contributed by atoms with Gasteiger partial charge in [-0.3, -0.25) is 9.80 Å². The van der Waals surface area contributed by atoms with Gasteiger partial charge >= 0.3 is 0 Å². The molecule has 26 heavy (non-hydrogen) atoms. The lowest BCUT2D eigenvalue weighted by Gasteiger charge is -2.63. The van der Waals surface area contributed by atoms with Crippen LogP contribution < -0.4 is 0 Å². The number of nitrogens with one attached hydrogen (secondary N) is 1. The number of aromatic amines is 1. The lowest BCUT2D eigenvalue weighted by Crippen LogP contribution is -2.67. The van der Waals surface area contributed by atoms with Gasteiger partial charge in [0.2, 0.25) is 0 Å². The summed E-state index contributed by atoms with van der Waals surface area (Å²) in [4.78, 5) is 9.54. The molecule has 136 valence electrons. The maximum absolute atomic E-state index is 4.04. The first-order valence-corrected chi connectivity index (χ1v) is 10.6. The Bertz CT molecular complexity index is 852. The molecule has 1 aliphatic carbocycles. The van der Waals surface area contributed by atoms with Crippen LogP contribution in [0.15, 0.2) is 36.9 Å². The van der Waals surface area contributed by atoms with Gasteiger partial charge in [-0.25, -0.2) is 0 Å². The average Bonchev–Trinajstić information content (AvgIpc) is 3.08. The van der Waals surface area contributed by atoms with Crippen LogP contribution in [0.3, 0.4) is 0 Å². The maximum Gasteiger partial charge on any atom is 0.0547 e. The lowest BCUT2D eigenvalue weighted by molar-refractivity contribution is -0.130. The number of piperidine rings is 3. The van der Waals surface area contributed by atoms with Gasteiger partial charge in [-0.1, -0.05) is 24.3 Å². The van der Waals surface area contributed by atoms with E-state index in [1.807, 2.05) is 0 Å². The molecular weight excluding hydrogens is 318 g/mol. The van der Waals surface area contributed by atoms with E-state index in [1.165, 1.54) is 56.1 Å². The summed E-state index contributed by atoms with van der Waals surface area (Å²) < 4.78 is 0. The van der Waals surface area contributed by atoms with Gasteiger partial charge in [-0.2, -0.15) is 0 Å². The summed E-state index contributed by atoms with van der Waals surface area (Å²) in [7, 11) is 0. The Morgan fingerprint density at radius 1 is 1.12 bits per heavy atom. The van der Waals surface area contributed by atoms with E-state index in [0.717, 1.165) is 30.5 Å². The van der Waals surface area contributed by atoms with Crippen LogP contribution in [0.1, 0.15) is 43.0 Å². The molecule has 0 radical (unpaired) electrons. The van der Waals surface area contributed by atoms with Crippen LogP contribution in [0.25, 0.3) is 10.9 Å². The van der Waals surface area contributed by atoms with Crippen LogP contribution in [0.5, 0.6) is 0 Å². The number of fused-ring (bicyclic) bond motifs is 4. The van der Waals surface area contributed by atoms with Crippen molar-refractivity contribution in [1.29, 1.82) is 0 Å². The van der Waals surface area contributed by atoms with E-state index in [1.54, 1.807) is 11.3 Å². The Labute approximate surface area is 156 Å². The van der Waals surface area contributed by atoms with Gasteiger partial charge in [0, 0.05) is 41.8 Å². The fourth-order valence-corrected chi connectivity index (χ4v) is 7.13. The molecule has 4 fully saturated rings. The predicted molar refractivity (Wildman–Crippen MR) is 106 cm³/mol. The van der Waals surface area contributed by atoms with Crippen molar-refractivity contribution in [1.82, 2.24) is 14.8 Å². The van der Waals surface area contributed by atoms with Gasteiger partial charge < -0.3 is 4.98 Å². The van der Waals surface area contributed by atoms with Crippen LogP contribution >= 0.6 is 0 Å². The average molecular weight is 348 g/mol. The smallest absolute Gasteiger partial charge is 0.0547 e. The molecule has 3 heteroatoms. The zero-order valence-corrected chi connectivity index (χ0v) is 15.5. The summed E-state index contributed by atoms with van der Waals surface area (Å²) in [6.45, 7) is 7.63. The zero-order chi connectivity index (χ0) is 17.3. The molecule has 2 unspecified atom stereocenters. The number of aromatic nitrogens is 1. The largest absolute Gasteiger partial charge is 0.357 e. The second kappa shape index (κ2) is 5.71. The SMILES string of the molecule is C=CCN1CCC[C@@H]2C3CCC([C@H]4c5[nH]c6ccccc6c5CCN34)[C@@H]21. The summed E-state index contributed by atoms with van der Waals surface area (Å²) >= 11 is 0. The molecule has 0 spiro atoms. The molecule has 3 nitrogen and oxygen atoms in total. The summed E-state index contributed by atoms with van der Waals surface area (Å²) in [6.07, 6.45) is 8.95.